The van der Waals surface area contributed by atoms with E-state index in [9.17, 15) is 14.4 Å². The highest BCUT2D eigenvalue weighted by Crippen LogP contribution is 2.42. The first-order valence-corrected chi connectivity index (χ1v) is 17.0. The standard InChI is InChI=1S/C41H33NO6S/c43-38(28-13-17-32(18-14-28)46-26-25-42-23-7-8-24-42)37-35-22-21-34(48-41(45)31-11-5-2-6-12-31)27-36(35)49-39(37)29-15-19-33(20-16-29)47-40(44)30-9-3-1-4-10-30/h1-6,9-22,27H,7-8,23-26H2. The fourth-order valence-corrected chi connectivity index (χ4v) is 7.10. The Morgan fingerprint density at radius 3 is 1.82 bits per heavy atom. The summed E-state index contributed by atoms with van der Waals surface area (Å²) in [6, 6.07) is 37.3. The van der Waals surface area contributed by atoms with Crippen molar-refractivity contribution < 1.29 is 28.6 Å². The van der Waals surface area contributed by atoms with Gasteiger partial charge < -0.3 is 14.2 Å². The Bertz CT molecular complexity index is 2080. The van der Waals surface area contributed by atoms with Gasteiger partial charge in [0.05, 0.1) is 11.1 Å². The number of rotatable bonds is 11. The Morgan fingerprint density at radius 1 is 0.612 bits per heavy atom. The molecule has 0 amide bonds. The molecular formula is C41H33NO6S. The molecule has 0 N–H and O–H groups in total. The van der Waals surface area contributed by atoms with Gasteiger partial charge in [0.25, 0.3) is 0 Å². The van der Waals surface area contributed by atoms with Crippen LogP contribution in [0, 0.1) is 0 Å². The van der Waals surface area contributed by atoms with Crippen LogP contribution < -0.4 is 14.2 Å². The Balaban J connectivity index is 1.17. The topological polar surface area (TPSA) is 82.1 Å². The summed E-state index contributed by atoms with van der Waals surface area (Å²) in [6.07, 6.45) is 2.48. The number of carbonyl (C=O) groups excluding carboxylic acids is 3. The zero-order chi connectivity index (χ0) is 33.6. The van der Waals surface area contributed by atoms with E-state index in [-0.39, 0.29) is 5.78 Å². The minimum atomic E-state index is -0.462. The van der Waals surface area contributed by atoms with E-state index in [0.717, 1.165) is 45.9 Å². The average molecular weight is 668 g/mol. The second-order valence-electron chi connectivity index (χ2n) is 11.8. The Morgan fingerprint density at radius 2 is 1.18 bits per heavy atom. The number of hydrogen-bond acceptors (Lipinski definition) is 8. The van der Waals surface area contributed by atoms with Crippen LogP contribution >= 0.6 is 11.3 Å². The number of ether oxygens (including phenoxy) is 3. The molecule has 2 heterocycles. The molecule has 0 radical (unpaired) electrons. The second kappa shape index (κ2) is 14.7. The Hall–Kier alpha value is -5.57. The van der Waals surface area contributed by atoms with Crippen LogP contribution in [0.4, 0.5) is 0 Å². The fourth-order valence-electron chi connectivity index (χ4n) is 5.87. The molecular weight excluding hydrogens is 635 g/mol. The maximum Gasteiger partial charge on any atom is 0.343 e. The first-order valence-electron chi connectivity index (χ1n) is 16.2. The molecule has 1 fully saturated rings. The van der Waals surface area contributed by atoms with Gasteiger partial charge in [0.1, 0.15) is 23.9 Å². The first-order chi connectivity index (χ1) is 24.0. The predicted octanol–water partition coefficient (Wildman–Crippen LogP) is 8.71. The van der Waals surface area contributed by atoms with E-state index < -0.39 is 11.9 Å². The number of carbonyl (C=O) groups is 3. The lowest BCUT2D eigenvalue weighted by molar-refractivity contribution is 0.0725. The third-order valence-electron chi connectivity index (χ3n) is 8.44. The summed E-state index contributed by atoms with van der Waals surface area (Å²) in [4.78, 5) is 42.8. The number of nitrogens with zero attached hydrogens (tertiary/aromatic N) is 1. The molecule has 6 aromatic rings. The third-order valence-corrected chi connectivity index (χ3v) is 9.64. The van der Waals surface area contributed by atoms with Gasteiger partial charge in [-0.1, -0.05) is 36.4 Å². The van der Waals surface area contributed by atoms with E-state index in [0.29, 0.717) is 40.4 Å². The smallest absolute Gasteiger partial charge is 0.343 e. The number of fused-ring (bicyclic) bond motifs is 1. The molecule has 0 saturated carbocycles. The summed E-state index contributed by atoms with van der Waals surface area (Å²) in [5.41, 5.74) is 2.75. The Kier molecular flexibility index (Phi) is 9.59. The molecule has 8 heteroatoms. The fraction of sp³-hybridized carbons (Fsp3) is 0.146. The van der Waals surface area contributed by atoms with Crippen molar-refractivity contribution in [2.75, 3.05) is 26.2 Å². The van der Waals surface area contributed by atoms with Crippen LogP contribution in [0.25, 0.3) is 20.5 Å². The van der Waals surface area contributed by atoms with Crippen LogP contribution in [0.1, 0.15) is 49.5 Å². The van der Waals surface area contributed by atoms with Crippen LogP contribution in [-0.2, 0) is 0 Å². The van der Waals surface area contributed by atoms with Crippen molar-refractivity contribution in [3.05, 3.63) is 150 Å². The van der Waals surface area contributed by atoms with E-state index in [1.807, 2.05) is 42.5 Å². The SMILES string of the molecule is O=C(Oc1ccc(-c2sc3cc(OC(=O)c4ccccc4)ccc3c2C(=O)c2ccc(OCCN3CCCC3)cc2)cc1)c1ccccc1. The number of ketones is 1. The highest BCUT2D eigenvalue weighted by Gasteiger charge is 2.23. The molecule has 5 aromatic carbocycles. The van der Waals surface area contributed by atoms with Crippen LogP contribution in [0.5, 0.6) is 17.2 Å². The lowest BCUT2D eigenvalue weighted by atomic mass is 9.97. The minimum Gasteiger partial charge on any atom is -0.492 e. The lowest BCUT2D eigenvalue weighted by Crippen LogP contribution is -2.25. The van der Waals surface area contributed by atoms with Crippen molar-refractivity contribution in [3.8, 4) is 27.7 Å². The number of benzene rings is 5. The van der Waals surface area contributed by atoms with E-state index in [2.05, 4.69) is 4.90 Å². The maximum atomic E-state index is 14.2. The van der Waals surface area contributed by atoms with Gasteiger partial charge in [-0.05, 0) is 122 Å². The van der Waals surface area contributed by atoms with Crippen LogP contribution in [0.3, 0.4) is 0 Å². The monoisotopic (exact) mass is 667 g/mol. The van der Waals surface area contributed by atoms with E-state index in [1.165, 1.54) is 24.2 Å². The van der Waals surface area contributed by atoms with Crippen molar-refractivity contribution in [2.24, 2.45) is 0 Å². The molecule has 7 nitrogen and oxygen atoms in total. The van der Waals surface area contributed by atoms with Gasteiger partial charge in [-0.25, -0.2) is 9.59 Å². The summed E-state index contributed by atoms with van der Waals surface area (Å²) in [7, 11) is 0. The summed E-state index contributed by atoms with van der Waals surface area (Å²) < 4.78 is 18.0. The van der Waals surface area contributed by atoms with Gasteiger partial charge in [-0.3, -0.25) is 9.69 Å². The van der Waals surface area contributed by atoms with Gasteiger partial charge in [-0.15, -0.1) is 11.3 Å². The highest BCUT2D eigenvalue weighted by molar-refractivity contribution is 7.22. The van der Waals surface area contributed by atoms with Gasteiger partial charge in [-0.2, -0.15) is 0 Å². The van der Waals surface area contributed by atoms with E-state index in [1.54, 1.807) is 84.9 Å². The minimum absolute atomic E-state index is 0.140. The van der Waals surface area contributed by atoms with Gasteiger partial charge in [0.15, 0.2) is 5.78 Å². The largest absolute Gasteiger partial charge is 0.492 e. The molecule has 1 saturated heterocycles. The summed E-state index contributed by atoms with van der Waals surface area (Å²) in [5, 5.41) is 0.745. The second-order valence-corrected chi connectivity index (χ2v) is 12.8. The molecule has 0 atom stereocenters. The average Bonchev–Trinajstić information content (AvgIpc) is 3.81. The molecule has 1 aromatic heterocycles. The summed E-state index contributed by atoms with van der Waals surface area (Å²) in [6.45, 7) is 3.72. The predicted molar refractivity (Wildman–Crippen MR) is 191 cm³/mol. The third kappa shape index (κ3) is 7.46. The molecule has 0 aliphatic carbocycles. The zero-order valence-electron chi connectivity index (χ0n) is 26.7. The molecule has 0 unspecified atom stereocenters. The van der Waals surface area contributed by atoms with E-state index >= 15 is 0 Å². The molecule has 1 aliphatic rings. The number of esters is 2. The number of likely N-dealkylation sites (tertiary alicyclic amines) is 1. The molecule has 0 bridgehead atoms. The van der Waals surface area contributed by atoms with Crippen molar-refractivity contribution in [1.29, 1.82) is 0 Å². The van der Waals surface area contributed by atoms with Gasteiger partial charge in [0.2, 0.25) is 0 Å². The van der Waals surface area contributed by atoms with Crippen molar-refractivity contribution >= 4 is 39.1 Å². The van der Waals surface area contributed by atoms with Gasteiger partial charge in [0, 0.05) is 32.6 Å². The van der Waals surface area contributed by atoms with Crippen LogP contribution in [0.2, 0.25) is 0 Å². The van der Waals surface area contributed by atoms with Crippen molar-refractivity contribution in [1.82, 2.24) is 4.90 Å². The zero-order valence-corrected chi connectivity index (χ0v) is 27.5. The molecule has 49 heavy (non-hydrogen) atoms. The van der Waals surface area contributed by atoms with Crippen molar-refractivity contribution in [3.63, 3.8) is 0 Å². The van der Waals surface area contributed by atoms with Crippen LogP contribution in [-0.4, -0.2) is 48.9 Å². The van der Waals surface area contributed by atoms with Crippen LogP contribution in [0.15, 0.2) is 127 Å². The normalized spacial score (nSPS) is 12.9. The van der Waals surface area contributed by atoms with Gasteiger partial charge >= 0.3 is 11.9 Å². The maximum absolute atomic E-state index is 14.2. The molecule has 7 rings (SSSR count). The first kappa shape index (κ1) is 32.0. The summed E-state index contributed by atoms with van der Waals surface area (Å²) >= 11 is 1.43. The number of hydrogen-bond donors (Lipinski definition) is 0. The highest BCUT2D eigenvalue weighted by atomic mass is 32.1. The molecule has 0 spiro atoms. The Labute approximate surface area is 288 Å². The molecule has 244 valence electrons. The van der Waals surface area contributed by atoms with E-state index in [4.69, 9.17) is 14.2 Å². The molecule has 1 aliphatic heterocycles. The quantitative estimate of drug-likeness (QED) is 0.0777. The van der Waals surface area contributed by atoms with Crippen molar-refractivity contribution in [2.45, 2.75) is 12.8 Å². The number of thiophene rings is 1. The summed E-state index contributed by atoms with van der Waals surface area (Å²) in [5.74, 6) is 0.437. The lowest BCUT2D eigenvalue weighted by Gasteiger charge is -2.15.